The zero-order valence-electron chi connectivity index (χ0n) is 12.1. The van der Waals surface area contributed by atoms with E-state index in [-0.39, 0.29) is 0 Å². The second-order valence-corrected chi connectivity index (χ2v) is 4.75. The molecule has 0 saturated carbocycles. The normalized spacial score (nSPS) is 15.4. The lowest BCUT2D eigenvalue weighted by Gasteiger charge is -2.34. The van der Waals surface area contributed by atoms with Crippen LogP contribution >= 0.6 is 0 Å². The van der Waals surface area contributed by atoms with E-state index in [9.17, 15) is 0 Å². The summed E-state index contributed by atoms with van der Waals surface area (Å²) in [6, 6.07) is 1.31. The number of hydrogen-bond acceptors (Lipinski definition) is 2. The van der Waals surface area contributed by atoms with Crippen LogP contribution in [0.15, 0.2) is 0 Å². The van der Waals surface area contributed by atoms with E-state index in [1.165, 1.54) is 38.8 Å². The lowest BCUT2D eigenvalue weighted by molar-refractivity contribution is 0.166. The van der Waals surface area contributed by atoms with Crippen LogP contribution in [0.25, 0.3) is 0 Å². The monoisotopic (exact) mass is 228 g/mol. The number of nitrogens with one attached hydrogen (secondary N) is 1. The predicted molar refractivity (Wildman–Crippen MR) is 74.0 cm³/mol. The van der Waals surface area contributed by atoms with Gasteiger partial charge in [-0.15, -0.1) is 0 Å². The van der Waals surface area contributed by atoms with Crippen LogP contribution in [0.1, 0.15) is 60.3 Å². The first-order chi connectivity index (χ1) is 7.71. The summed E-state index contributed by atoms with van der Waals surface area (Å²) in [7, 11) is 0. The molecule has 0 aliphatic carbocycles. The molecule has 0 heterocycles. The van der Waals surface area contributed by atoms with Crippen molar-refractivity contribution in [3.63, 3.8) is 0 Å². The third-order valence-electron chi connectivity index (χ3n) is 3.28. The number of hydrogen-bond donors (Lipinski definition) is 1. The van der Waals surface area contributed by atoms with Crippen molar-refractivity contribution in [1.82, 2.24) is 10.2 Å². The van der Waals surface area contributed by atoms with Crippen molar-refractivity contribution in [3.05, 3.63) is 0 Å². The van der Waals surface area contributed by atoms with Gasteiger partial charge in [0.15, 0.2) is 0 Å². The molecule has 0 spiro atoms. The van der Waals surface area contributed by atoms with Gasteiger partial charge in [0.2, 0.25) is 0 Å². The van der Waals surface area contributed by atoms with Gasteiger partial charge in [-0.3, -0.25) is 4.90 Å². The van der Waals surface area contributed by atoms with Gasteiger partial charge >= 0.3 is 0 Å². The third-order valence-corrected chi connectivity index (χ3v) is 3.28. The Hall–Kier alpha value is -0.0800. The van der Waals surface area contributed by atoms with Gasteiger partial charge in [0.1, 0.15) is 0 Å². The Balaban J connectivity index is 4.22. The average molecular weight is 228 g/mol. The molecule has 0 rings (SSSR count). The lowest BCUT2D eigenvalue weighted by Crippen LogP contribution is -2.49. The van der Waals surface area contributed by atoms with Crippen LogP contribution in [0.5, 0.6) is 0 Å². The van der Waals surface area contributed by atoms with Gasteiger partial charge in [-0.2, -0.15) is 0 Å². The Morgan fingerprint density at radius 2 is 1.50 bits per heavy atom. The summed E-state index contributed by atoms with van der Waals surface area (Å²) in [5.74, 6) is 0. The summed E-state index contributed by atoms with van der Waals surface area (Å²) in [5.41, 5.74) is 0. The summed E-state index contributed by atoms with van der Waals surface area (Å²) >= 11 is 0. The Kier molecular flexibility index (Phi) is 10.0. The molecule has 2 nitrogen and oxygen atoms in total. The Morgan fingerprint density at radius 3 is 1.88 bits per heavy atom. The van der Waals surface area contributed by atoms with Crippen molar-refractivity contribution < 1.29 is 0 Å². The largest absolute Gasteiger partial charge is 0.312 e. The summed E-state index contributed by atoms with van der Waals surface area (Å²) in [6.07, 6.45) is 4.97. The van der Waals surface area contributed by atoms with Gasteiger partial charge in [-0.25, -0.2) is 0 Å². The highest BCUT2D eigenvalue weighted by Gasteiger charge is 2.20. The predicted octanol–water partition coefficient (Wildman–Crippen LogP) is 3.28. The van der Waals surface area contributed by atoms with Gasteiger partial charge in [0, 0.05) is 12.1 Å². The van der Waals surface area contributed by atoms with E-state index in [1.54, 1.807) is 0 Å². The van der Waals surface area contributed by atoms with Gasteiger partial charge < -0.3 is 5.32 Å². The van der Waals surface area contributed by atoms with Crippen LogP contribution in [0.2, 0.25) is 0 Å². The SMILES string of the molecule is CCCNC(CC)C(C)N(CCC)CCC. The molecule has 2 heteroatoms. The molecule has 0 radical (unpaired) electrons. The first-order valence-corrected chi connectivity index (χ1v) is 7.18. The fourth-order valence-corrected chi connectivity index (χ4v) is 2.33. The summed E-state index contributed by atoms with van der Waals surface area (Å²) in [5, 5.41) is 3.67. The van der Waals surface area contributed by atoms with Gasteiger partial charge in [0.25, 0.3) is 0 Å². The molecule has 0 aromatic heterocycles. The molecule has 1 N–H and O–H groups in total. The molecule has 0 fully saturated rings. The first kappa shape index (κ1) is 15.9. The quantitative estimate of drug-likeness (QED) is 0.617. The molecule has 0 amide bonds. The number of rotatable bonds is 10. The van der Waals surface area contributed by atoms with Crippen molar-refractivity contribution in [2.75, 3.05) is 19.6 Å². The second-order valence-electron chi connectivity index (χ2n) is 4.75. The Bertz CT molecular complexity index is 142. The third kappa shape index (κ3) is 5.86. The molecule has 2 unspecified atom stereocenters. The molecular weight excluding hydrogens is 196 g/mol. The van der Waals surface area contributed by atoms with E-state index in [1.807, 2.05) is 0 Å². The molecular formula is C14H32N2. The molecule has 0 aromatic rings. The average Bonchev–Trinajstić information content (AvgIpc) is 2.29. The second kappa shape index (κ2) is 10.1. The fraction of sp³-hybridized carbons (Fsp3) is 1.00. The minimum Gasteiger partial charge on any atom is -0.312 e. The molecule has 0 aliphatic rings. The van der Waals surface area contributed by atoms with Crippen LogP contribution < -0.4 is 5.32 Å². The number of nitrogens with zero attached hydrogens (tertiary/aromatic N) is 1. The maximum Gasteiger partial charge on any atom is 0.0220 e. The minimum atomic E-state index is 0.651. The van der Waals surface area contributed by atoms with E-state index in [0.717, 1.165) is 6.54 Å². The van der Waals surface area contributed by atoms with Gasteiger partial charge in [-0.05, 0) is 52.2 Å². The van der Waals surface area contributed by atoms with Gasteiger partial charge in [-0.1, -0.05) is 27.7 Å². The molecule has 0 aliphatic heterocycles. The standard InChI is InChI=1S/C14H32N2/c1-6-10-15-14(9-4)13(5)16(11-7-2)12-8-3/h13-15H,6-12H2,1-5H3. The summed E-state index contributed by atoms with van der Waals surface area (Å²) in [6.45, 7) is 15.1. The molecule has 0 bridgehead atoms. The van der Waals surface area contributed by atoms with Crippen molar-refractivity contribution >= 4 is 0 Å². The Labute approximate surface area is 103 Å². The highest BCUT2D eigenvalue weighted by atomic mass is 15.2. The van der Waals surface area contributed by atoms with Crippen LogP contribution in [0, 0.1) is 0 Å². The summed E-state index contributed by atoms with van der Waals surface area (Å²) < 4.78 is 0. The fourth-order valence-electron chi connectivity index (χ4n) is 2.33. The van der Waals surface area contributed by atoms with Crippen LogP contribution in [-0.2, 0) is 0 Å². The molecule has 98 valence electrons. The molecule has 16 heavy (non-hydrogen) atoms. The first-order valence-electron chi connectivity index (χ1n) is 7.18. The van der Waals surface area contributed by atoms with Crippen molar-refractivity contribution in [2.24, 2.45) is 0 Å². The topological polar surface area (TPSA) is 15.3 Å². The van der Waals surface area contributed by atoms with E-state index in [4.69, 9.17) is 0 Å². The van der Waals surface area contributed by atoms with Crippen LogP contribution in [0.3, 0.4) is 0 Å². The molecule has 0 aromatic carbocycles. The van der Waals surface area contributed by atoms with E-state index in [2.05, 4.69) is 44.8 Å². The lowest BCUT2D eigenvalue weighted by atomic mass is 10.0. The maximum absolute atomic E-state index is 3.67. The van der Waals surface area contributed by atoms with Crippen molar-refractivity contribution in [2.45, 2.75) is 72.4 Å². The smallest absolute Gasteiger partial charge is 0.0220 e. The zero-order valence-corrected chi connectivity index (χ0v) is 12.1. The van der Waals surface area contributed by atoms with Crippen LogP contribution in [-0.4, -0.2) is 36.6 Å². The molecule has 2 atom stereocenters. The van der Waals surface area contributed by atoms with Crippen molar-refractivity contribution in [1.29, 1.82) is 0 Å². The van der Waals surface area contributed by atoms with Crippen LogP contribution in [0.4, 0.5) is 0 Å². The minimum absolute atomic E-state index is 0.651. The Morgan fingerprint density at radius 1 is 0.938 bits per heavy atom. The van der Waals surface area contributed by atoms with E-state index in [0.29, 0.717) is 12.1 Å². The van der Waals surface area contributed by atoms with E-state index >= 15 is 0 Å². The van der Waals surface area contributed by atoms with Gasteiger partial charge in [0.05, 0.1) is 0 Å². The summed E-state index contributed by atoms with van der Waals surface area (Å²) in [4.78, 5) is 2.64. The highest BCUT2D eigenvalue weighted by molar-refractivity contribution is 4.80. The molecule has 0 saturated heterocycles. The maximum atomic E-state index is 3.67. The van der Waals surface area contributed by atoms with Crippen molar-refractivity contribution in [3.8, 4) is 0 Å². The van der Waals surface area contributed by atoms with E-state index < -0.39 is 0 Å². The highest BCUT2D eigenvalue weighted by Crippen LogP contribution is 2.09. The zero-order chi connectivity index (χ0) is 12.4.